The van der Waals surface area contributed by atoms with E-state index in [0.29, 0.717) is 16.7 Å². The van der Waals surface area contributed by atoms with Crippen molar-refractivity contribution in [2.24, 2.45) is 5.10 Å². The van der Waals surface area contributed by atoms with Gasteiger partial charge in [0.25, 0.3) is 5.56 Å². The highest BCUT2D eigenvalue weighted by molar-refractivity contribution is 9.10. The molecule has 1 atom stereocenters. The van der Waals surface area contributed by atoms with Gasteiger partial charge in [0.2, 0.25) is 0 Å². The molecule has 0 aliphatic heterocycles. The second kappa shape index (κ2) is 9.34. The average Bonchev–Trinajstić information content (AvgIpc) is 3.05. The molecule has 2 heterocycles. The standard InChI is InChI=1S/C28H31BrN4O/c1-8-17(3)27-31-25-10-9-23(29)14-24(25)28(34)33(27)30-15-22-13-20(6)32(21(22)7)26-18(4)11-16(2)12-19(26)5/h9-15,17H,8H2,1-7H3/t17-/m0/s1. The van der Waals surface area contributed by atoms with Crippen LogP contribution >= 0.6 is 15.9 Å². The molecule has 6 heteroatoms. The summed E-state index contributed by atoms with van der Waals surface area (Å²) in [6.07, 6.45) is 2.65. The molecule has 4 rings (SSSR count). The Bertz CT molecular complexity index is 1470. The molecule has 4 aromatic rings. The lowest BCUT2D eigenvalue weighted by Crippen LogP contribution is -2.23. The fourth-order valence-corrected chi connectivity index (χ4v) is 5.05. The summed E-state index contributed by atoms with van der Waals surface area (Å²) >= 11 is 3.47. The van der Waals surface area contributed by atoms with Gasteiger partial charge >= 0.3 is 0 Å². The van der Waals surface area contributed by atoms with E-state index < -0.39 is 0 Å². The zero-order chi connectivity index (χ0) is 24.7. The number of benzene rings is 2. The van der Waals surface area contributed by atoms with Crippen molar-refractivity contribution in [3.63, 3.8) is 0 Å². The maximum Gasteiger partial charge on any atom is 0.282 e. The van der Waals surface area contributed by atoms with Gasteiger partial charge < -0.3 is 4.57 Å². The lowest BCUT2D eigenvalue weighted by molar-refractivity contribution is 0.613. The van der Waals surface area contributed by atoms with Crippen molar-refractivity contribution in [2.75, 3.05) is 0 Å². The third-order valence-electron chi connectivity index (χ3n) is 6.53. The van der Waals surface area contributed by atoms with Crippen LogP contribution in [-0.2, 0) is 0 Å². The molecule has 0 N–H and O–H groups in total. The van der Waals surface area contributed by atoms with Crippen molar-refractivity contribution in [3.8, 4) is 5.69 Å². The van der Waals surface area contributed by atoms with Crippen LogP contribution in [0, 0.1) is 34.6 Å². The maximum absolute atomic E-state index is 13.4. The highest BCUT2D eigenvalue weighted by Crippen LogP contribution is 2.27. The van der Waals surface area contributed by atoms with E-state index in [2.05, 4.69) is 92.3 Å². The van der Waals surface area contributed by atoms with Gasteiger partial charge in [-0.25, -0.2) is 4.98 Å². The average molecular weight is 519 g/mol. The summed E-state index contributed by atoms with van der Waals surface area (Å²) in [5.41, 5.74) is 8.67. The van der Waals surface area contributed by atoms with Crippen molar-refractivity contribution in [1.29, 1.82) is 0 Å². The molecule has 0 fully saturated rings. The topological polar surface area (TPSA) is 52.2 Å². The molecule has 0 bridgehead atoms. The molecule has 176 valence electrons. The van der Waals surface area contributed by atoms with Gasteiger partial charge in [0, 0.05) is 27.3 Å². The third kappa shape index (κ3) is 4.27. The summed E-state index contributed by atoms with van der Waals surface area (Å²) in [7, 11) is 0. The molecular weight excluding hydrogens is 488 g/mol. The van der Waals surface area contributed by atoms with Crippen LogP contribution < -0.4 is 5.56 Å². The summed E-state index contributed by atoms with van der Waals surface area (Å²) < 4.78 is 4.59. The third-order valence-corrected chi connectivity index (χ3v) is 7.02. The fraction of sp³-hybridized carbons (Fsp3) is 0.321. The number of rotatable bonds is 5. The Balaban J connectivity index is 1.87. The van der Waals surface area contributed by atoms with Crippen molar-refractivity contribution in [3.05, 3.63) is 90.7 Å². The fourth-order valence-electron chi connectivity index (χ4n) is 4.69. The van der Waals surface area contributed by atoms with Crippen LogP contribution in [0.3, 0.4) is 0 Å². The maximum atomic E-state index is 13.4. The normalized spacial score (nSPS) is 12.7. The summed E-state index contributed by atoms with van der Waals surface area (Å²) in [6.45, 7) is 14.8. The van der Waals surface area contributed by atoms with Gasteiger partial charge in [-0.1, -0.05) is 47.5 Å². The van der Waals surface area contributed by atoms with Crippen molar-refractivity contribution in [1.82, 2.24) is 14.2 Å². The van der Waals surface area contributed by atoms with Crippen LogP contribution in [-0.4, -0.2) is 20.4 Å². The molecule has 0 radical (unpaired) electrons. The first-order valence-corrected chi connectivity index (χ1v) is 12.4. The van der Waals surface area contributed by atoms with Gasteiger partial charge in [0.05, 0.1) is 22.8 Å². The highest BCUT2D eigenvalue weighted by Gasteiger charge is 2.17. The number of aromatic nitrogens is 3. The Morgan fingerprint density at radius 2 is 1.74 bits per heavy atom. The molecule has 0 aliphatic rings. The highest BCUT2D eigenvalue weighted by atomic mass is 79.9. The van der Waals surface area contributed by atoms with E-state index in [-0.39, 0.29) is 11.5 Å². The van der Waals surface area contributed by atoms with E-state index >= 15 is 0 Å². The molecule has 0 aliphatic carbocycles. The summed E-state index contributed by atoms with van der Waals surface area (Å²) in [5.74, 6) is 0.779. The minimum Gasteiger partial charge on any atom is -0.317 e. The number of fused-ring (bicyclic) bond motifs is 1. The molecule has 2 aromatic heterocycles. The first kappa shape index (κ1) is 24.1. The van der Waals surface area contributed by atoms with Gasteiger partial charge in [-0.05, 0) is 76.4 Å². The molecule has 5 nitrogen and oxygen atoms in total. The van der Waals surface area contributed by atoms with Gasteiger partial charge in [-0.3, -0.25) is 4.79 Å². The Kier molecular flexibility index (Phi) is 6.63. The van der Waals surface area contributed by atoms with Crippen LogP contribution in [0.2, 0.25) is 0 Å². The molecular formula is C28H31BrN4O. The Hall–Kier alpha value is -2.99. The smallest absolute Gasteiger partial charge is 0.282 e. The second-order valence-corrected chi connectivity index (χ2v) is 10.1. The minimum absolute atomic E-state index is 0.100. The van der Waals surface area contributed by atoms with Crippen LogP contribution in [0.4, 0.5) is 0 Å². The summed E-state index contributed by atoms with van der Waals surface area (Å²) in [4.78, 5) is 18.2. The van der Waals surface area contributed by atoms with Crippen molar-refractivity contribution < 1.29 is 0 Å². The number of hydrogen-bond acceptors (Lipinski definition) is 3. The zero-order valence-electron chi connectivity index (χ0n) is 20.9. The summed E-state index contributed by atoms with van der Waals surface area (Å²) in [5, 5.41) is 5.23. The monoisotopic (exact) mass is 518 g/mol. The molecule has 0 amide bonds. The van der Waals surface area contributed by atoms with Crippen molar-refractivity contribution >= 4 is 33.0 Å². The van der Waals surface area contributed by atoms with E-state index in [1.807, 2.05) is 18.2 Å². The second-order valence-electron chi connectivity index (χ2n) is 9.21. The number of nitrogens with zero attached hydrogens (tertiary/aromatic N) is 4. The first-order chi connectivity index (χ1) is 16.1. The van der Waals surface area contributed by atoms with Gasteiger partial charge in [-0.2, -0.15) is 9.78 Å². The van der Waals surface area contributed by atoms with E-state index in [1.165, 1.54) is 27.1 Å². The van der Waals surface area contributed by atoms with E-state index in [4.69, 9.17) is 4.98 Å². The number of halogens is 1. The SMILES string of the molecule is CC[C@H](C)c1nc2ccc(Br)cc2c(=O)n1N=Cc1cc(C)n(-c2c(C)cc(C)cc2C)c1C. The van der Waals surface area contributed by atoms with Gasteiger partial charge in [-0.15, -0.1) is 0 Å². The Labute approximate surface area is 209 Å². The minimum atomic E-state index is -0.156. The molecule has 2 aromatic carbocycles. The predicted molar refractivity (Wildman–Crippen MR) is 145 cm³/mol. The Morgan fingerprint density at radius 3 is 2.38 bits per heavy atom. The van der Waals surface area contributed by atoms with Crippen LogP contribution in [0.1, 0.15) is 65.7 Å². The summed E-state index contributed by atoms with van der Waals surface area (Å²) in [6, 6.07) is 12.1. The van der Waals surface area contributed by atoms with E-state index in [1.54, 1.807) is 6.21 Å². The van der Waals surface area contributed by atoms with Gasteiger partial charge in [0.1, 0.15) is 5.82 Å². The first-order valence-electron chi connectivity index (χ1n) is 11.7. The largest absolute Gasteiger partial charge is 0.317 e. The quantitative estimate of drug-likeness (QED) is 0.270. The number of hydrogen-bond donors (Lipinski definition) is 0. The number of aryl methyl sites for hydroxylation is 4. The van der Waals surface area contributed by atoms with Gasteiger partial charge in [0.15, 0.2) is 0 Å². The molecule has 0 saturated heterocycles. The molecule has 34 heavy (non-hydrogen) atoms. The van der Waals surface area contributed by atoms with E-state index in [0.717, 1.165) is 27.8 Å². The van der Waals surface area contributed by atoms with Crippen LogP contribution in [0.15, 0.2) is 50.8 Å². The molecule has 0 spiro atoms. The van der Waals surface area contributed by atoms with E-state index in [9.17, 15) is 4.79 Å². The predicted octanol–water partition coefficient (Wildman–Crippen LogP) is 6.89. The molecule has 0 unspecified atom stereocenters. The lowest BCUT2D eigenvalue weighted by Gasteiger charge is -2.17. The zero-order valence-corrected chi connectivity index (χ0v) is 22.5. The van der Waals surface area contributed by atoms with Crippen molar-refractivity contribution in [2.45, 2.75) is 60.8 Å². The van der Waals surface area contributed by atoms with Crippen LogP contribution in [0.5, 0.6) is 0 Å². The lowest BCUT2D eigenvalue weighted by atomic mass is 10.0. The van der Waals surface area contributed by atoms with Crippen LogP contribution in [0.25, 0.3) is 16.6 Å². The Morgan fingerprint density at radius 1 is 1.06 bits per heavy atom. The molecule has 0 saturated carbocycles.